The minimum Gasteiger partial charge on any atom is -0.461 e. The predicted molar refractivity (Wildman–Crippen MR) is 170 cm³/mol. The lowest BCUT2D eigenvalue weighted by Gasteiger charge is -2.33. The van der Waals surface area contributed by atoms with Crippen molar-refractivity contribution in [1.82, 2.24) is 14.9 Å². The molecule has 0 aliphatic carbocycles. The SMILES string of the molecule is C=CC(=O)Nc1ccc(-c2nc(OCC3(C)CCCN3C)nc3c2CCN(c2cccc4cccc(C)c24)C3)cc1C#N. The maximum atomic E-state index is 11.9. The molecule has 1 N–H and O–H groups in total. The van der Waals surface area contributed by atoms with Gasteiger partial charge in [0.25, 0.3) is 0 Å². The number of hydrogen-bond donors (Lipinski definition) is 1. The fourth-order valence-corrected chi connectivity index (χ4v) is 6.32. The quantitative estimate of drug-likeness (QED) is 0.270. The van der Waals surface area contributed by atoms with Gasteiger partial charge in [-0.2, -0.15) is 15.2 Å². The van der Waals surface area contributed by atoms with Crippen LogP contribution in [0.3, 0.4) is 0 Å². The Hall–Kier alpha value is -4.74. The van der Waals surface area contributed by atoms with Crippen molar-refractivity contribution in [1.29, 1.82) is 5.26 Å². The second-order valence-corrected chi connectivity index (χ2v) is 11.8. The number of likely N-dealkylation sites (N-methyl/N-ethyl adjacent to an activating group) is 1. The van der Waals surface area contributed by atoms with E-state index < -0.39 is 0 Å². The predicted octanol–water partition coefficient (Wildman–Crippen LogP) is 6.03. The van der Waals surface area contributed by atoms with Gasteiger partial charge in [0.15, 0.2) is 0 Å². The van der Waals surface area contributed by atoms with E-state index in [4.69, 9.17) is 14.7 Å². The van der Waals surface area contributed by atoms with Crippen molar-refractivity contribution < 1.29 is 9.53 Å². The van der Waals surface area contributed by atoms with Crippen LogP contribution in [0.2, 0.25) is 0 Å². The second-order valence-electron chi connectivity index (χ2n) is 11.8. The van der Waals surface area contributed by atoms with E-state index in [1.165, 1.54) is 28.1 Å². The summed E-state index contributed by atoms with van der Waals surface area (Å²) in [4.78, 5) is 26.6. The average Bonchev–Trinajstić information content (AvgIpc) is 3.36. The number of benzene rings is 3. The number of carbonyl (C=O) groups excluding carboxylic acids is 1. The van der Waals surface area contributed by atoms with E-state index in [0.717, 1.165) is 54.9 Å². The van der Waals surface area contributed by atoms with Crippen LogP contribution in [0.1, 0.15) is 42.1 Å². The van der Waals surface area contributed by atoms with Gasteiger partial charge in [0.05, 0.1) is 34.7 Å². The summed E-state index contributed by atoms with van der Waals surface area (Å²) in [6.07, 6.45) is 4.12. The Morgan fingerprint density at radius 3 is 2.74 bits per heavy atom. The minimum atomic E-state index is -0.367. The van der Waals surface area contributed by atoms with Gasteiger partial charge < -0.3 is 15.0 Å². The third kappa shape index (κ3) is 5.44. The zero-order chi connectivity index (χ0) is 30.1. The Morgan fingerprint density at radius 2 is 2.00 bits per heavy atom. The third-order valence-corrected chi connectivity index (χ3v) is 8.98. The van der Waals surface area contributed by atoms with Crippen molar-refractivity contribution in [2.24, 2.45) is 0 Å². The first kappa shape index (κ1) is 28.4. The molecule has 0 bridgehead atoms. The molecule has 8 heteroatoms. The number of aromatic nitrogens is 2. The van der Waals surface area contributed by atoms with E-state index in [1.54, 1.807) is 12.1 Å². The topological polar surface area (TPSA) is 94.4 Å². The molecule has 1 fully saturated rings. The molecule has 2 aliphatic rings. The van der Waals surface area contributed by atoms with Crippen LogP contribution in [0.4, 0.5) is 11.4 Å². The molecule has 3 aromatic carbocycles. The zero-order valence-corrected chi connectivity index (χ0v) is 25.0. The number of anilines is 2. The molecule has 1 amide bonds. The Labute approximate surface area is 252 Å². The summed E-state index contributed by atoms with van der Waals surface area (Å²) in [6.45, 7) is 10.8. The number of nitrogens with zero attached hydrogens (tertiary/aromatic N) is 5. The van der Waals surface area contributed by atoms with Crippen LogP contribution >= 0.6 is 0 Å². The minimum absolute atomic E-state index is 0.0784. The molecular weight excluding hydrogens is 536 g/mol. The van der Waals surface area contributed by atoms with Crippen LogP contribution in [-0.4, -0.2) is 53.1 Å². The molecular formula is C35H36N6O2. The highest BCUT2D eigenvalue weighted by Gasteiger charge is 2.35. The van der Waals surface area contributed by atoms with Gasteiger partial charge in [-0.3, -0.25) is 9.69 Å². The Balaban J connectivity index is 1.41. The van der Waals surface area contributed by atoms with Gasteiger partial charge in [-0.25, -0.2) is 0 Å². The molecule has 6 rings (SSSR count). The summed E-state index contributed by atoms with van der Waals surface area (Å²) in [6, 6.07) is 20.8. The number of hydrogen-bond acceptors (Lipinski definition) is 7. The number of nitriles is 1. The number of fused-ring (bicyclic) bond motifs is 2. The molecule has 0 saturated carbocycles. The lowest BCUT2D eigenvalue weighted by molar-refractivity contribution is -0.111. The Kier molecular flexibility index (Phi) is 7.59. The Morgan fingerprint density at radius 1 is 1.19 bits per heavy atom. The second kappa shape index (κ2) is 11.5. The summed E-state index contributed by atoms with van der Waals surface area (Å²) >= 11 is 0. The highest BCUT2D eigenvalue weighted by molar-refractivity contribution is 6.00. The van der Waals surface area contributed by atoms with Gasteiger partial charge >= 0.3 is 6.01 Å². The lowest BCUT2D eigenvalue weighted by atomic mass is 9.95. The van der Waals surface area contributed by atoms with Gasteiger partial charge in [-0.15, -0.1) is 0 Å². The number of rotatable bonds is 7. The zero-order valence-electron chi connectivity index (χ0n) is 25.0. The van der Waals surface area contributed by atoms with E-state index in [-0.39, 0.29) is 11.4 Å². The lowest BCUT2D eigenvalue weighted by Crippen LogP contribution is -2.43. The van der Waals surface area contributed by atoms with Gasteiger partial charge in [0.2, 0.25) is 5.91 Å². The summed E-state index contributed by atoms with van der Waals surface area (Å²) < 4.78 is 6.35. The third-order valence-electron chi connectivity index (χ3n) is 8.98. The standard InChI is InChI=1S/C35H36N6O2/c1-5-31(42)37-28-14-13-25(19-26(28)20-36)33-27-15-18-41(30-12-7-11-24-10-6-9-23(2)32(24)30)21-29(27)38-34(39-33)43-22-35(3)16-8-17-40(35)4/h5-7,9-14,19H,1,8,15-18,21-22H2,2-4H3,(H,37,42). The largest absolute Gasteiger partial charge is 0.461 e. The van der Waals surface area contributed by atoms with Gasteiger partial charge in [0.1, 0.15) is 12.7 Å². The number of amides is 1. The summed E-state index contributed by atoms with van der Waals surface area (Å²) in [7, 11) is 2.13. The van der Waals surface area contributed by atoms with Crippen LogP contribution in [0.5, 0.6) is 6.01 Å². The molecule has 3 heterocycles. The maximum Gasteiger partial charge on any atom is 0.317 e. The number of carbonyl (C=O) groups is 1. The summed E-state index contributed by atoms with van der Waals surface area (Å²) in [5.74, 6) is -0.367. The molecule has 218 valence electrons. The molecule has 1 aromatic heterocycles. The average molecular weight is 573 g/mol. The van der Waals surface area contributed by atoms with Crippen LogP contribution in [-0.2, 0) is 17.8 Å². The molecule has 4 aromatic rings. The van der Waals surface area contributed by atoms with Gasteiger partial charge in [-0.05, 0) is 81.9 Å². The van der Waals surface area contributed by atoms with Crippen LogP contribution < -0.4 is 15.0 Å². The van der Waals surface area contributed by atoms with Crippen molar-refractivity contribution in [3.8, 4) is 23.3 Å². The molecule has 1 atom stereocenters. The van der Waals surface area contributed by atoms with E-state index in [9.17, 15) is 10.1 Å². The van der Waals surface area contributed by atoms with Crippen molar-refractivity contribution in [2.75, 3.05) is 37.0 Å². The van der Waals surface area contributed by atoms with Crippen LogP contribution in [0.25, 0.3) is 22.0 Å². The van der Waals surface area contributed by atoms with E-state index in [1.807, 2.05) is 6.07 Å². The fourth-order valence-electron chi connectivity index (χ4n) is 6.32. The number of aryl methyl sites for hydroxylation is 1. The summed E-state index contributed by atoms with van der Waals surface area (Å²) in [5.41, 5.74) is 6.67. The molecule has 8 nitrogen and oxygen atoms in total. The first-order valence-corrected chi connectivity index (χ1v) is 14.7. The van der Waals surface area contributed by atoms with Crippen molar-refractivity contribution >= 4 is 28.1 Å². The van der Waals surface area contributed by atoms with E-state index in [2.05, 4.69) is 85.1 Å². The van der Waals surface area contributed by atoms with Crippen LogP contribution in [0.15, 0.2) is 67.3 Å². The first-order chi connectivity index (χ1) is 20.8. The normalized spacial score (nSPS) is 18.2. The fraction of sp³-hybridized carbons (Fsp3) is 0.314. The van der Waals surface area contributed by atoms with Crippen molar-refractivity contribution in [3.05, 3.63) is 89.6 Å². The van der Waals surface area contributed by atoms with Gasteiger partial charge in [-0.1, -0.05) is 43.0 Å². The molecule has 0 radical (unpaired) electrons. The van der Waals surface area contributed by atoms with Gasteiger partial charge in [0, 0.05) is 28.7 Å². The number of nitrogens with one attached hydrogen (secondary N) is 1. The smallest absolute Gasteiger partial charge is 0.317 e. The molecule has 0 spiro atoms. The Bertz CT molecular complexity index is 1770. The highest BCUT2D eigenvalue weighted by atomic mass is 16.5. The highest BCUT2D eigenvalue weighted by Crippen LogP contribution is 2.37. The molecule has 43 heavy (non-hydrogen) atoms. The maximum absolute atomic E-state index is 11.9. The molecule has 1 unspecified atom stereocenters. The van der Waals surface area contributed by atoms with Crippen LogP contribution in [0, 0.1) is 18.3 Å². The number of ether oxygens (including phenoxy) is 1. The van der Waals surface area contributed by atoms with E-state index >= 15 is 0 Å². The molecule has 2 aliphatic heterocycles. The summed E-state index contributed by atoms with van der Waals surface area (Å²) in [5, 5.41) is 15.1. The number of likely N-dealkylation sites (tertiary alicyclic amines) is 1. The van der Waals surface area contributed by atoms with Crippen molar-refractivity contribution in [3.63, 3.8) is 0 Å². The first-order valence-electron chi connectivity index (χ1n) is 14.7. The monoisotopic (exact) mass is 572 g/mol. The molecule has 1 saturated heterocycles. The van der Waals surface area contributed by atoms with E-state index in [0.29, 0.717) is 30.4 Å². The van der Waals surface area contributed by atoms with Crippen molar-refractivity contribution in [2.45, 2.75) is 45.2 Å².